The third-order valence-electron chi connectivity index (χ3n) is 3.96. The Morgan fingerprint density at radius 2 is 1.95 bits per heavy atom. The van der Waals surface area contributed by atoms with Crippen molar-refractivity contribution in [2.45, 2.75) is 32.2 Å². The topological polar surface area (TPSA) is 66.4 Å². The molecule has 4 nitrogen and oxygen atoms in total. The van der Waals surface area contributed by atoms with Crippen molar-refractivity contribution in [1.82, 2.24) is 5.32 Å². The van der Waals surface area contributed by atoms with Gasteiger partial charge in [-0.3, -0.25) is 9.59 Å². The van der Waals surface area contributed by atoms with E-state index in [4.69, 9.17) is 28.3 Å². The van der Waals surface area contributed by atoms with Crippen LogP contribution in [0.2, 0.25) is 10.0 Å². The molecule has 1 aliphatic rings. The van der Waals surface area contributed by atoms with Gasteiger partial charge in [0, 0.05) is 10.0 Å². The zero-order chi connectivity index (χ0) is 15.6. The summed E-state index contributed by atoms with van der Waals surface area (Å²) < 4.78 is 0. The van der Waals surface area contributed by atoms with Crippen LogP contribution in [-0.2, 0) is 9.59 Å². The molecule has 0 spiro atoms. The van der Waals surface area contributed by atoms with E-state index in [-0.39, 0.29) is 11.9 Å². The summed E-state index contributed by atoms with van der Waals surface area (Å²) in [4.78, 5) is 23.4. The van der Waals surface area contributed by atoms with Crippen LogP contribution in [0.5, 0.6) is 0 Å². The number of rotatable bonds is 4. The molecule has 1 aliphatic carbocycles. The Morgan fingerprint density at radius 3 is 2.57 bits per heavy atom. The molecule has 1 amide bonds. The van der Waals surface area contributed by atoms with Crippen molar-refractivity contribution in [3.05, 3.63) is 33.8 Å². The average Bonchev–Trinajstić information content (AvgIpc) is 2.87. The molecule has 0 saturated heterocycles. The number of aliphatic carboxylic acids is 1. The van der Waals surface area contributed by atoms with Gasteiger partial charge in [0.05, 0.1) is 17.9 Å². The Balaban J connectivity index is 2.06. The van der Waals surface area contributed by atoms with E-state index in [1.54, 1.807) is 18.2 Å². The molecule has 21 heavy (non-hydrogen) atoms. The van der Waals surface area contributed by atoms with E-state index < -0.39 is 17.8 Å². The maximum absolute atomic E-state index is 12.3. The summed E-state index contributed by atoms with van der Waals surface area (Å²) in [5.41, 5.74) is 0.763. The van der Waals surface area contributed by atoms with Crippen LogP contribution in [0.15, 0.2) is 18.2 Å². The molecule has 1 fully saturated rings. The molecular weight excluding hydrogens is 313 g/mol. The van der Waals surface area contributed by atoms with Gasteiger partial charge < -0.3 is 10.4 Å². The van der Waals surface area contributed by atoms with Crippen molar-refractivity contribution in [3.63, 3.8) is 0 Å². The van der Waals surface area contributed by atoms with Gasteiger partial charge in [-0.05, 0) is 37.5 Å². The molecule has 1 aromatic carbocycles. The fourth-order valence-electron chi connectivity index (χ4n) is 2.82. The van der Waals surface area contributed by atoms with Crippen molar-refractivity contribution >= 4 is 35.1 Å². The van der Waals surface area contributed by atoms with E-state index in [1.165, 1.54) is 0 Å². The minimum atomic E-state index is -0.898. The molecule has 0 heterocycles. The first-order valence-corrected chi connectivity index (χ1v) is 7.64. The molecular formula is C15H17Cl2NO3. The standard InChI is InChI=1S/C15H17Cl2NO3/c1-8(10-6-5-9(16)7-13(10)17)18-14(19)11-3-2-4-12(11)15(20)21/h5-8,11-12H,2-4H2,1H3,(H,18,19)(H,20,21). The van der Waals surface area contributed by atoms with Crippen LogP contribution in [0, 0.1) is 11.8 Å². The normalized spacial score (nSPS) is 22.8. The van der Waals surface area contributed by atoms with Crippen molar-refractivity contribution in [2.24, 2.45) is 11.8 Å². The number of carbonyl (C=O) groups is 2. The maximum atomic E-state index is 12.3. The second-order valence-electron chi connectivity index (χ2n) is 5.38. The van der Waals surface area contributed by atoms with E-state index in [2.05, 4.69) is 5.32 Å². The Bertz CT molecular complexity index is 562. The van der Waals surface area contributed by atoms with Crippen LogP contribution in [0.25, 0.3) is 0 Å². The summed E-state index contributed by atoms with van der Waals surface area (Å²) in [5.74, 6) is -2.17. The summed E-state index contributed by atoms with van der Waals surface area (Å²) in [6.45, 7) is 1.82. The summed E-state index contributed by atoms with van der Waals surface area (Å²) in [5, 5.41) is 13.0. The minimum Gasteiger partial charge on any atom is -0.481 e. The van der Waals surface area contributed by atoms with Gasteiger partial charge in [-0.25, -0.2) is 0 Å². The number of carbonyl (C=O) groups excluding carboxylic acids is 1. The van der Waals surface area contributed by atoms with E-state index in [0.29, 0.717) is 22.9 Å². The number of halogens is 2. The molecule has 0 bridgehead atoms. The summed E-state index contributed by atoms with van der Waals surface area (Å²) in [6, 6.07) is 4.80. The van der Waals surface area contributed by atoms with E-state index in [9.17, 15) is 9.59 Å². The lowest BCUT2D eigenvalue weighted by Crippen LogP contribution is -2.36. The second kappa shape index (κ2) is 6.67. The molecule has 2 rings (SSSR count). The minimum absolute atomic E-state index is 0.224. The molecule has 0 radical (unpaired) electrons. The first kappa shape index (κ1) is 16.1. The zero-order valence-corrected chi connectivity index (χ0v) is 13.1. The summed E-state index contributed by atoms with van der Waals surface area (Å²) in [6.07, 6.45) is 1.94. The highest BCUT2D eigenvalue weighted by molar-refractivity contribution is 6.35. The van der Waals surface area contributed by atoms with Crippen molar-refractivity contribution < 1.29 is 14.7 Å². The third-order valence-corrected chi connectivity index (χ3v) is 4.52. The van der Waals surface area contributed by atoms with Crippen LogP contribution in [0.1, 0.15) is 37.8 Å². The number of carboxylic acids is 1. The molecule has 3 atom stereocenters. The van der Waals surface area contributed by atoms with Gasteiger partial charge in [-0.1, -0.05) is 35.7 Å². The molecule has 1 saturated carbocycles. The van der Waals surface area contributed by atoms with Crippen molar-refractivity contribution in [2.75, 3.05) is 0 Å². The van der Waals surface area contributed by atoms with Crippen molar-refractivity contribution in [1.29, 1.82) is 0 Å². The Kier molecular flexibility index (Phi) is 5.12. The fourth-order valence-corrected chi connectivity index (χ4v) is 3.39. The van der Waals surface area contributed by atoms with E-state index >= 15 is 0 Å². The lowest BCUT2D eigenvalue weighted by molar-refractivity contribution is -0.146. The fraction of sp³-hybridized carbons (Fsp3) is 0.467. The van der Waals surface area contributed by atoms with Crippen LogP contribution >= 0.6 is 23.2 Å². The predicted molar refractivity (Wildman–Crippen MR) is 81.5 cm³/mol. The van der Waals surface area contributed by atoms with Gasteiger partial charge >= 0.3 is 5.97 Å². The van der Waals surface area contributed by atoms with E-state index in [1.807, 2.05) is 6.92 Å². The number of hydrogen-bond acceptors (Lipinski definition) is 2. The highest BCUT2D eigenvalue weighted by Crippen LogP contribution is 2.33. The van der Waals surface area contributed by atoms with Gasteiger partial charge in [0.25, 0.3) is 0 Å². The first-order valence-electron chi connectivity index (χ1n) is 6.88. The molecule has 114 valence electrons. The van der Waals surface area contributed by atoms with Crippen LogP contribution < -0.4 is 5.32 Å². The largest absolute Gasteiger partial charge is 0.481 e. The molecule has 3 unspecified atom stereocenters. The predicted octanol–water partition coefficient (Wildman–Crippen LogP) is 3.67. The maximum Gasteiger partial charge on any atom is 0.307 e. The highest BCUT2D eigenvalue weighted by Gasteiger charge is 2.38. The quantitative estimate of drug-likeness (QED) is 0.885. The Morgan fingerprint density at radius 1 is 1.29 bits per heavy atom. The molecule has 2 N–H and O–H groups in total. The number of amides is 1. The summed E-state index contributed by atoms with van der Waals surface area (Å²) in [7, 11) is 0. The zero-order valence-electron chi connectivity index (χ0n) is 11.6. The lowest BCUT2D eigenvalue weighted by Gasteiger charge is -2.20. The number of nitrogens with one attached hydrogen (secondary N) is 1. The monoisotopic (exact) mass is 329 g/mol. The highest BCUT2D eigenvalue weighted by atomic mass is 35.5. The molecule has 0 aromatic heterocycles. The van der Waals surface area contributed by atoms with E-state index in [0.717, 1.165) is 12.0 Å². The number of benzene rings is 1. The molecule has 6 heteroatoms. The van der Waals surface area contributed by atoms with Gasteiger partial charge in [-0.2, -0.15) is 0 Å². The SMILES string of the molecule is CC(NC(=O)C1CCCC1C(=O)O)c1ccc(Cl)cc1Cl. The second-order valence-corrected chi connectivity index (χ2v) is 6.22. The van der Waals surface area contributed by atoms with Crippen LogP contribution in [0.3, 0.4) is 0 Å². The third kappa shape index (κ3) is 3.69. The van der Waals surface area contributed by atoms with Gasteiger partial charge in [0.15, 0.2) is 0 Å². The van der Waals surface area contributed by atoms with Crippen LogP contribution in [-0.4, -0.2) is 17.0 Å². The van der Waals surface area contributed by atoms with Gasteiger partial charge in [0.1, 0.15) is 0 Å². The van der Waals surface area contributed by atoms with Gasteiger partial charge in [0.2, 0.25) is 5.91 Å². The summed E-state index contributed by atoms with van der Waals surface area (Å²) >= 11 is 12.0. The first-order chi connectivity index (χ1) is 9.90. The number of hydrogen-bond donors (Lipinski definition) is 2. The smallest absolute Gasteiger partial charge is 0.307 e. The average molecular weight is 330 g/mol. The van der Waals surface area contributed by atoms with Crippen molar-refractivity contribution in [3.8, 4) is 0 Å². The molecule has 1 aromatic rings. The van der Waals surface area contributed by atoms with Crippen LogP contribution in [0.4, 0.5) is 0 Å². The Hall–Kier alpha value is -1.26. The number of carboxylic acid groups (broad SMARTS) is 1. The lowest BCUT2D eigenvalue weighted by atomic mass is 9.94. The molecule has 0 aliphatic heterocycles. The van der Waals surface area contributed by atoms with Gasteiger partial charge in [-0.15, -0.1) is 0 Å². The Labute approximate surface area is 133 Å².